The summed E-state index contributed by atoms with van der Waals surface area (Å²) in [5, 5.41) is 0. The smallest absolute Gasteiger partial charge is 0.263 e. The molecule has 5 heteroatoms. The van der Waals surface area contributed by atoms with E-state index in [1.54, 1.807) is 6.20 Å². The molecular weight excluding hydrogens is 302 g/mol. The number of aromatic nitrogens is 1. The highest BCUT2D eigenvalue weighted by molar-refractivity contribution is 5.81. The van der Waals surface area contributed by atoms with Crippen molar-refractivity contribution in [3.63, 3.8) is 0 Å². The van der Waals surface area contributed by atoms with Crippen molar-refractivity contribution in [3.05, 3.63) is 54.7 Å². The predicted octanol–water partition coefficient (Wildman–Crippen LogP) is 2.59. The van der Waals surface area contributed by atoms with E-state index in [-0.39, 0.29) is 5.91 Å². The summed E-state index contributed by atoms with van der Waals surface area (Å²) >= 11 is 0. The molecule has 5 nitrogen and oxygen atoms in total. The van der Waals surface area contributed by atoms with Gasteiger partial charge in [0.25, 0.3) is 5.91 Å². The lowest BCUT2D eigenvalue weighted by atomic mass is 10.2. The maximum absolute atomic E-state index is 12.7. The Bertz CT molecular complexity index is 640. The van der Waals surface area contributed by atoms with Gasteiger partial charge in [-0.15, -0.1) is 0 Å². The molecule has 1 aliphatic rings. The largest absolute Gasteiger partial charge is 0.481 e. The van der Waals surface area contributed by atoms with Crippen LogP contribution in [0.4, 0.5) is 5.82 Å². The van der Waals surface area contributed by atoms with Gasteiger partial charge in [-0.25, -0.2) is 4.98 Å². The minimum atomic E-state index is -0.422. The Morgan fingerprint density at radius 3 is 2.42 bits per heavy atom. The van der Waals surface area contributed by atoms with Gasteiger partial charge < -0.3 is 14.5 Å². The Labute approximate surface area is 142 Å². The van der Waals surface area contributed by atoms with Crippen LogP contribution in [0, 0.1) is 0 Å². The molecule has 126 valence electrons. The highest BCUT2D eigenvalue weighted by atomic mass is 16.5. The van der Waals surface area contributed by atoms with Crippen LogP contribution in [0.25, 0.3) is 0 Å². The van der Waals surface area contributed by atoms with Crippen molar-refractivity contribution in [2.75, 3.05) is 31.1 Å². The lowest BCUT2D eigenvalue weighted by molar-refractivity contribution is -0.139. The van der Waals surface area contributed by atoms with E-state index < -0.39 is 6.10 Å². The SMILES string of the molecule is CC[C@H](Oc1ccccc1)C(=O)N1CCN(c2ccccn2)CC1. The van der Waals surface area contributed by atoms with Gasteiger partial charge in [-0.1, -0.05) is 31.2 Å². The number of ether oxygens (including phenoxy) is 1. The summed E-state index contributed by atoms with van der Waals surface area (Å²) in [5.41, 5.74) is 0. The van der Waals surface area contributed by atoms with Crippen molar-refractivity contribution in [1.29, 1.82) is 0 Å². The molecular formula is C19H23N3O2. The van der Waals surface area contributed by atoms with E-state index >= 15 is 0 Å². The van der Waals surface area contributed by atoms with Crippen molar-refractivity contribution in [2.24, 2.45) is 0 Å². The number of carbonyl (C=O) groups is 1. The van der Waals surface area contributed by atoms with E-state index in [1.807, 2.05) is 60.4 Å². The summed E-state index contributed by atoms with van der Waals surface area (Å²) in [7, 11) is 0. The average Bonchev–Trinajstić information content (AvgIpc) is 2.67. The molecule has 0 bridgehead atoms. The Morgan fingerprint density at radius 1 is 1.08 bits per heavy atom. The number of hydrogen-bond donors (Lipinski definition) is 0. The average molecular weight is 325 g/mol. The van der Waals surface area contributed by atoms with Crippen LogP contribution in [0.2, 0.25) is 0 Å². The second-order valence-electron chi connectivity index (χ2n) is 5.83. The van der Waals surface area contributed by atoms with Crippen LogP contribution in [-0.2, 0) is 4.79 Å². The minimum Gasteiger partial charge on any atom is -0.481 e. The molecule has 1 aromatic heterocycles. The van der Waals surface area contributed by atoms with Crippen molar-refractivity contribution in [2.45, 2.75) is 19.4 Å². The first-order chi connectivity index (χ1) is 11.8. The molecule has 1 atom stereocenters. The van der Waals surface area contributed by atoms with E-state index in [9.17, 15) is 4.79 Å². The molecule has 3 rings (SSSR count). The molecule has 1 fully saturated rings. The summed E-state index contributed by atoms with van der Waals surface area (Å²) in [6.45, 7) is 4.97. The normalized spacial score (nSPS) is 15.9. The lowest BCUT2D eigenvalue weighted by Crippen LogP contribution is -2.52. The zero-order valence-electron chi connectivity index (χ0n) is 14.0. The standard InChI is InChI=1S/C19H23N3O2/c1-2-17(24-16-8-4-3-5-9-16)19(23)22-14-12-21(13-15-22)18-10-6-7-11-20-18/h3-11,17H,2,12-15H2,1H3/t17-/m0/s1. The van der Waals surface area contributed by atoms with Crippen LogP contribution in [0.1, 0.15) is 13.3 Å². The highest BCUT2D eigenvalue weighted by Crippen LogP contribution is 2.17. The molecule has 0 radical (unpaired) electrons. The molecule has 1 aromatic carbocycles. The van der Waals surface area contributed by atoms with Gasteiger partial charge in [0.2, 0.25) is 0 Å². The highest BCUT2D eigenvalue weighted by Gasteiger charge is 2.28. The summed E-state index contributed by atoms with van der Waals surface area (Å²) in [6.07, 6.45) is 2.04. The fourth-order valence-corrected chi connectivity index (χ4v) is 2.87. The Balaban J connectivity index is 1.57. The van der Waals surface area contributed by atoms with Crippen LogP contribution in [0.15, 0.2) is 54.7 Å². The summed E-state index contributed by atoms with van der Waals surface area (Å²) in [4.78, 5) is 21.2. The van der Waals surface area contributed by atoms with Crippen molar-refractivity contribution >= 4 is 11.7 Å². The second kappa shape index (κ2) is 7.81. The van der Waals surface area contributed by atoms with Crippen LogP contribution in [-0.4, -0.2) is 48.1 Å². The van der Waals surface area contributed by atoms with E-state index in [2.05, 4.69) is 9.88 Å². The third-order valence-electron chi connectivity index (χ3n) is 4.23. The molecule has 1 aliphatic heterocycles. The molecule has 2 heterocycles. The zero-order chi connectivity index (χ0) is 16.8. The number of hydrogen-bond acceptors (Lipinski definition) is 4. The number of anilines is 1. The first-order valence-electron chi connectivity index (χ1n) is 8.44. The molecule has 0 unspecified atom stereocenters. The van der Waals surface area contributed by atoms with Crippen molar-refractivity contribution in [1.82, 2.24) is 9.88 Å². The van der Waals surface area contributed by atoms with Gasteiger partial charge in [0.1, 0.15) is 11.6 Å². The van der Waals surface area contributed by atoms with E-state index in [1.165, 1.54) is 0 Å². The maximum atomic E-state index is 12.7. The van der Waals surface area contributed by atoms with Gasteiger partial charge in [-0.3, -0.25) is 4.79 Å². The van der Waals surface area contributed by atoms with Gasteiger partial charge in [0, 0.05) is 32.4 Å². The van der Waals surface area contributed by atoms with Crippen LogP contribution in [0.3, 0.4) is 0 Å². The molecule has 0 spiro atoms. The van der Waals surface area contributed by atoms with E-state index in [0.29, 0.717) is 19.5 Å². The summed E-state index contributed by atoms with van der Waals surface area (Å²) in [6, 6.07) is 15.4. The fourth-order valence-electron chi connectivity index (χ4n) is 2.87. The number of carbonyl (C=O) groups excluding carboxylic acids is 1. The van der Waals surface area contributed by atoms with Crippen LogP contribution < -0.4 is 9.64 Å². The second-order valence-corrected chi connectivity index (χ2v) is 5.83. The lowest BCUT2D eigenvalue weighted by Gasteiger charge is -2.36. The van der Waals surface area contributed by atoms with Gasteiger partial charge >= 0.3 is 0 Å². The van der Waals surface area contributed by atoms with E-state index in [4.69, 9.17) is 4.74 Å². The Morgan fingerprint density at radius 2 is 1.79 bits per heavy atom. The van der Waals surface area contributed by atoms with Gasteiger partial charge in [0.05, 0.1) is 0 Å². The molecule has 0 aliphatic carbocycles. The van der Waals surface area contributed by atoms with Crippen molar-refractivity contribution in [3.8, 4) is 5.75 Å². The molecule has 1 amide bonds. The molecule has 0 saturated carbocycles. The Hall–Kier alpha value is -2.56. The quantitative estimate of drug-likeness (QED) is 0.848. The number of nitrogens with zero attached hydrogens (tertiary/aromatic N) is 3. The van der Waals surface area contributed by atoms with Crippen molar-refractivity contribution < 1.29 is 9.53 Å². The number of rotatable bonds is 5. The Kier molecular flexibility index (Phi) is 5.31. The monoisotopic (exact) mass is 325 g/mol. The fraction of sp³-hybridized carbons (Fsp3) is 0.368. The number of amides is 1. The third kappa shape index (κ3) is 3.85. The first kappa shape index (κ1) is 16.3. The molecule has 0 N–H and O–H groups in total. The van der Waals surface area contributed by atoms with Crippen LogP contribution >= 0.6 is 0 Å². The van der Waals surface area contributed by atoms with Gasteiger partial charge in [0.15, 0.2) is 6.10 Å². The topological polar surface area (TPSA) is 45.7 Å². The summed E-state index contributed by atoms with van der Waals surface area (Å²) in [5.74, 6) is 1.78. The third-order valence-corrected chi connectivity index (χ3v) is 4.23. The summed E-state index contributed by atoms with van der Waals surface area (Å²) < 4.78 is 5.87. The molecule has 1 saturated heterocycles. The minimum absolute atomic E-state index is 0.0713. The maximum Gasteiger partial charge on any atom is 0.263 e. The number of benzene rings is 1. The van der Waals surface area contributed by atoms with Gasteiger partial charge in [-0.05, 0) is 30.7 Å². The number of pyridine rings is 1. The predicted molar refractivity (Wildman–Crippen MR) is 94.2 cm³/mol. The van der Waals surface area contributed by atoms with E-state index in [0.717, 1.165) is 24.7 Å². The number of piperazine rings is 1. The molecule has 24 heavy (non-hydrogen) atoms. The zero-order valence-corrected chi connectivity index (χ0v) is 14.0. The van der Waals surface area contributed by atoms with Crippen LogP contribution in [0.5, 0.6) is 5.75 Å². The molecule has 2 aromatic rings. The van der Waals surface area contributed by atoms with Gasteiger partial charge in [-0.2, -0.15) is 0 Å². The number of para-hydroxylation sites is 1. The first-order valence-corrected chi connectivity index (χ1v) is 8.44.